The van der Waals surface area contributed by atoms with Crippen molar-refractivity contribution in [2.24, 2.45) is 0 Å². The molecule has 6 heteroatoms. The lowest BCUT2D eigenvalue weighted by Gasteiger charge is -2.19. The molecule has 196 valence electrons. The van der Waals surface area contributed by atoms with Crippen molar-refractivity contribution in [3.63, 3.8) is 0 Å². The van der Waals surface area contributed by atoms with Gasteiger partial charge in [-0.05, 0) is 51.6 Å². The van der Waals surface area contributed by atoms with E-state index in [-0.39, 0.29) is 0 Å². The van der Waals surface area contributed by atoms with Gasteiger partial charge in [-0.2, -0.15) is 0 Å². The fourth-order valence-electron chi connectivity index (χ4n) is 6.03. The van der Waals surface area contributed by atoms with Gasteiger partial charge < -0.3 is 14.7 Å². The molecular weight excluding hydrogens is 494 g/mol. The molecule has 0 fully saturated rings. The number of aromatic nitrogens is 5. The molecule has 0 atom stereocenters. The first kappa shape index (κ1) is 23.2. The third-order valence-corrected chi connectivity index (χ3v) is 8.19. The quantitative estimate of drug-likeness (QED) is 0.227. The van der Waals surface area contributed by atoms with Crippen LogP contribution < -0.4 is 4.74 Å². The van der Waals surface area contributed by atoms with Crippen molar-refractivity contribution in [2.75, 3.05) is 0 Å². The fourth-order valence-corrected chi connectivity index (χ4v) is 6.03. The van der Waals surface area contributed by atoms with Gasteiger partial charge >= 0.3 is 0 Å². The normalized spacial score (nSPS) is 13.1. The molecule has 0 saturated carbocycles. The summed E-state index contributed by atoms with van der Waals surface area (Å²) in [4.78, 5) is 21.3. The van der Waals surface area contributed by atoms with Crippen LogP contribution in [0.2, 0.25) is 0 Å². The molecule has 0 bridgehead atoms. The lowest BCUT2D eigenvalue weighted by atomic mass is 9.94. The maximum atomic E-state index is 6.28. The standard InChI is InChI=1S/C34H29N5O/c1-17(2)33-36-28-16-40-32-22-8-5-19(13-21(22)7-10-25(32)29(28)37-33)20-6-9-24-26(14-20)23-11-12-35-15-27(23)31-30(24)38-34(39-31)18(3)4/h5-15,17-18H,16H2,1-4H3,(H,36,37)(H,38,39). The minimum Gasteiger partial charge on any atom is -0.486 e. The number of nitrogens with zero attached hydrogens (tertiary/aromatic N) is 3. The van der Waals surface area contributed by atoms with Crippen LogP contribution in [0.1, 0.15) is 56.9 Å². The molecule has 8 rings (SSSR count). The molecule has 4 aromatic carbocycles. The summed E-state index contributed by atoms with van der Waals surface area (Å²) in [7, 11) is 0. The average molecular weight is 524 g/mol. The first-order valence-corrected chi connectivity index (χ1v) is 13.9. The molecule has 2 N–H and O–H groups in total. The van der Waals surface area contributed by atoms with Gasteiger partial charge in [0.1, 0.15) is 24.0 Å². The molecule has 4 heterocycles. The summed E-state index contributed by atoms with van der Waals surface area (Å²) < 4.78 is 6.28. The predicted octanol–water partition coefficient (Wildman–Crippen LogP) is 8.61. The Balaban J connectivity index is 1.28. The zero-order chi connectivity index (χ0) is 27.1. The zero-order valence-corrected chi connectivity index (χ0v) is 23.0. The molecule has 7 aromatic rings. The molecule has 3 aromatic heterocycles. The molecule has 0 radical (unpaired) electrons. The van der Waals surface area contributed by atoms with E-state index >= 15 is 0 Å². The SMILES string of the molecule is CC(C)c1nc2c([nH]1)COc1c-2ccc2cc(-c3ccc4c(c3)c3ccncc3c3nc(C(C)C)[nH]c43)ccc12. The maximum Gasteiger partial charge on any atom is 0.137 e. The Bertz CT molecular complexity index is 2130. The van der Waals surface area contributed by atoms with Gasteiger partial charge in [-0.1, -0.05) is 58.0 Å². The van der Waals surface area contributed by atoms with Crippen LogP contribution in [0, 0.1) is 0 Å². The van der Waals surface area contributed by atoms with Crippen molar-refractivity contribution in [3.8, 4) is 28.1 Å². The minimum absolute atomic E-state index is 0.317. The molecule has 0 spiro atoms. The van der Waals surface area contributed by atoms with Crippen molar-refractivity contribution in [3.05, 3.63) is 84.3 Å². The highest BCUT2D eigenvalue weighted by Crippen LogP contribution is 2.43. The number of aromatic amines is 2. The van der Waals surface area contributed by atoms with Crippen molar-refractivity contribution >= 4 is 43.4 Å². The number of imidazole rings is 2. The van der Waals surface area contributed by atoms with E-state index in [1.165, 1.54) is 27.3 Å². The van der Waals surface area contributed by atoms with Gasteiger partial charge in [0.05, 0.1) is 22.4 Å². The number of nitrogens with one attached hydrogen (secondary N) is 2. The number of hydrogen-bond donors (Lipinski definition) is 2. The molecule has 0 saturated heterocycles. The smallest absolute Gasteiger partial charge is 0.137 e. The third kappa shape index (κ3) is 3.32. The van der Waals surface area contributed by atoms with Crippen molar-refractivity contribution in [1.82, 2.24) is 24.9 Å². The molecule has 1 aliphatic rings. The van der Waals surface area contributed by atoms with E-state index in [4.69, 9.17) is 14.7 Å². The topological polar surface area (TPSA) is 79.5 Å². The van der Waals surface area contributed by atoms with Crippen LogP contribution in [0.15, 0.2) is 67.0 Å². The molecule has 1 aliphatic heterocycles. The lowest BCUT2D eigenvalue weighted by Crippen LogP contribution is -2.05. The van der Waals surface area contributed by atoms with Crippen LogP contribution in [0.3, 0.4) is 0 Å². The number of ether oxygens (including phenoxy) is 1. The van der Waals surface area contributed by atoms with Crippen LogP contribution in [0.5, 0.6) is 5.75 Å². The Morgan fingerprint density at radius 2 is 1.50 bits per heavy atom. The lowest BCUT2D eigenvalue weighted by molar-refractivity contribution is 0.301. The van der Waals surface area contributed by atoms with Gasteiger partial charge in [-0.15, -0.1) is 0 Å². The molecule has 0 amide bonds. The predicted molar refractivity (Wildman–Crippen MR) is 162 cm³/mol. The van der Waals surface area contributed by atoms with Gasteiger partial charge in [-0.25, -0.2) is 9.97 Å². The Kier molecular flexibility index (Phi) is 4.87. The zero-order valence-electron chi connectivity index (χ0n) is 23.0. The Morgan fingerprint density at radius 1 is 0.725 bits per heavy atom. The molecule has 0 aliphatic carbocycles. The third-order valence-electron chi connectivity index (χ3n) is 8.19. The van der Waals surface area contributed by atoms with E-state index in [1.807, 2.05) is 12.4 Å². The summed E-state index contributed by atoms with van der Waals surface area (Å²) in [5.41, 5.74) is 7.53. The average Bonchev–Trinajstić information content (AvgIpc) is 3.63. The second-order valence-electron chi connectivity index (χ2n) is 11.5. The number of hydrogen-bond acceptors (Lipinski definition) is 4. The Morgan fingerprint density at radius 3 is 2.33 bits per heavy atom. The van der Waals surface area contributed by atoms with Crippen LogP contribution in [-0.2, 0) is 6.61 Å². The largest absolute Gasteiger partial charge is 0.486 e. The summed E-state index contributed by atoms with van der Waals surface area (Å²) in [6, 6.07) is 19.8. The van der Waals surface area contributed by atoms with E-state index in [0.717, 1.165) is 61.5 Å². The summed E-state index contributed by atoms with van der Waals surface area (Å²) >= 11 is 0. The van der Waals surface area contributed by atoms with E-state index in [9.17, 15) is 0 Å². The second-order valence-corrected chi connectivity index (χ2v) is 11.5. The summed E-state index contributed by atoms with van der Waals surface area (Å²) in [6.45, 7) is 9.14. The van der Waals surface area contributed by atoms with Gasteiger partial charge in [0.25, 0.3) is 0 Å². The summed E-state index contributed by atoms with van der Waals surface area (Å²) in [5, 5.41) is 6.88. The molecular formula is C34H29N5O. The van der Waals surface area contributed by atoms with Crippen LogP contribution in [0.25, 0.3) is 65.7 Å². The highest BCUT2D eigenvalue weighted by Gasteiger charge is 2.24. The fraction of sp³-hybridized carbons (Fsp3) is 0.206. The highest BCUT2D eigenvalue weighted by atomic mass is 16.5. The monoisotopic (exact) mass is 523 g/mol. The Hall–Kier alpha value is -4.71. The number of fused-ring (bicyclic) bond motifs is 11. The molecule has 6 nitrogen and oxygen atoms in total. The van der Waals surface area contributed by atoms with E-state index in [1.54, 1.807) is 0 Å². The number of benzene rings is 4. The van der Waals surface area contributed by atoms with Crippen LogP contribution in [0.4, 0.5) is 0 Å². The van der Waals surface area contributed by atoms with Crippen molar-refractivity contribution < 1.29 is 4.74 Å². The maximum absolute atomic E-state index is 6.28. The number of rotatable bonds is 3. The summed E-state index contributed by atoms with van der Waals surface area (Å²) in [6.07, 6.45) is 3.80. The highest BCUT2D eigenvalue weighted by molar-refractivity contribution is 6.23. The van der Waals surface area contributed by atoms with Crippen LogP contribution >= 0.6 is 0 Å². The van der Waals surface area contributed by atoms with Gasteiger partial charge in [0.15, 0.2) is 0 Å². The first-order chi connectivity index (χ1) is 19.5. The number of pyridine rings is 1. The molecule has 40 heavy (non-hydrogen) atoms. The number of H-pyrrole nitrogens is 2. The van der Waals surface area contributed by atoms with Gasteiger partial charge in [0, 0.05) is 46.0 Å². The Labute approximate surface area is 231 Å². The minimum atomic E-state index is 0.317. The van der Waals surface area contributed by atoms with Crippen molar-refractivity contribution in [2.45, 2.75) is 46.1 Å². The summed E-state index contributed by atoms with van der Waals surface area (Å²) in [5.74, 6) is 3.58. The van der Waals surface area contributed by atoms with E-state index < -0.39 is 0 Å². The van der Waals surface area contributed by atoms with E-state index in [0.29, 0.717) is 18.4 Å². The van der Waals surface area contributed by atoms with Crippen LogP contribution in [-0.4, -0.2) is 24.9 Å². The van der Waals surface area contributed by atoms with Gasteiger partial charge in [0.2, 0.25) is 0 Å². The van der Waals surface area contributed by atoms with E-state index in [2.05, 4.69) is 97.2 Å². The molecule has 0 unspecified atom stereocenters. The second kappa shape index (κ2) is 8.39. The first-order valence-electron chi connectivity index (χ1n) is 13.9. The van der Waals surface area contributed by atoms with Crippen molar-refractivity contribution in [1.29, 1.82) is 0 Å². The van der Waals surface area contributed by atoms with Gasteiger partial charge in [-0.3, -0.25) is 4.98 Å².